The van der Waals surface area contributed by atoms with E-state index in [1.165, 1.54) is 37.7 Å². The number of nitrogens with zero attached hydrogens (tertiary/aromatic N) is 1. The first kappa shape index (κ1) is 16.3. The summed E-state index contributed by atoms with van der Waals surface area (Å²) >= 11 is 6.80. The van der Waals surface area contributed by atoms with Crippen molar-refractivity contribution in [3.63, 3.8) is 0 Å². The van der Waals surface area contributed by atoms with E-state index in [1.807, 2.05) is 12.1 Å². The molecule has 0 atom stereocenters. The molecule has 112 valence electrons. The average molecular weight is 405 g/mol. The molecule has 1 aliphatic carbocycles. The Hall–Kier alpha value is -0.0600. The summed E-state index contributed by atoms with van der Waals surface area (Å²) in [4.78, 5) is 2.46. The summed E-state index contributed by atoms with van der Waals surface area (Å²) in [7, 11) is 2.21. The van der Waals surface area contributed by atoms with Crippen LogP contribution in [0.3, 0.4) is 0 Å². The zero-order valence-electron chi connectivity index (χ0n) is 12.2. The van der Waals surface area contributed by atoms with Crippen molar-refractivity contribution in [2.45, 2.75) is 51.6 Å². The van der Waals surface area contributed by atoms with Crippen LogP contribution in [0.15, 0.2) is 21.1 Å². The van der Waals surface area contributed by atoms with Gasteiger partial charge in [0.15, 0.2) is 0 Å². The van der Waals surface area contributed by atoms with E-state index in [1.54, 1.807) is 0 Å². The molecule has 1 fully saturated rings. The third-order valence-electron chi connectivity index (χ3n) is 4.53. The highest BCUT2D eigenvalue weighted by molar-refractivity contribution is 9.11. The maximum Gasteiger partial charge on any atom is 0.143 e. The van der Waals surface area contributed by atoms with Gasteiger partial charge in [0.05, 0.1) is 8.95 Å². The van der Waals surface area contributed by atoms with Crippen LogP contribution < -0.4 is 0 Å². The minimum Gasteiger partial charge on any atom is -0.506 e. The summed E-state index contributed by atoms with van der Waals surface area (Å²) in [6.07, 6.45) is 6.70. The van der Waals surface area contributed by atoms with Gasteiger partial charge in [-0.2, -0.15) is 0 Å². The van der Waals surface area contributed by atoms with Gasteiger partial charge >= 0.3 is 0 Å². The predicted octanol–water partition coefficient (Wildman–Crippen LogP) is 5.32. The molecule has 2 nitrogen and oxygen atoms in total. The Kier molecular flexibility index (Phi) is 5.94. The maximum absolute atomic E-state index is 9.76. The van der Waals surface area contributed by atoms with Gasteiger partial charge in [-0.3, -0.25) is 4.90 Å². The maximum atomic E-state index is 9.76. The second-order valence-corrected chi connectivity index (χ2v) is 7.61. The van der Waals surface area contributed by atoms with Crippen molar-refractivity contribution in [1.82, 2.24) is 4.90 Å². The quantitative estimate of drug-likeness (QED) is 0.734. The van der Waals surface area contributed by atoms with Gasteiger partial charge in [0.1, 0.15) is 5.75 Å². The van der Waals surface area contributed by atoms with Crippen LogP contribution in [-0.4, -0.2) is 23.1 Å². The molecule has 1 aliphatic rings. The molecule has 1 aromatic carbocycles. The number of benzene rings is 1. The highest BCUT2D eigenvalue weighted by Crippen LogP contribution is 2.34. The highest BCUT2D eigenvalue weighted by Gasteiger charge is 2.23. The topological polar surface area (TPSA) is 23.5 Å². The first-order valence-corrected chi connectivity index (χ1v) is 8.97. The SMILES string of the molecule is CCC1CCC(N(C)Cc2cc(Br)c(O)c(Br)c2)CC1. The van der Waals surface area contributed by atoms with Gasteiger partial charge in [0, 0.05) is 12.6 Å². The summed E-state index contributed by atoms with van der Waals surface area (Å²) in [6.45, 7) is 3.24. The molecule has 1 saturated carbocycles. The third kappa shape index (κ3) is 3.99. The molecule has 20 heavy (non-hydrogen) atoms. The molecule has 0 heterocycles. The van der Waals surface area contributed by atoms with Crippen LogP contribution in [0.5, 0.6) is 5.75 Å². The van der Waals surface area contributed by atoms with Crippen molar-refractivity contribution in [3.8, 4) is 5.75 Å². The Morgan fingerprint density at radius 3 is 2.20 bits per heavy atom. The summed E-state index contributed by atoms with van der Waals surface area (Å²) < 4.78 is 1.51. The number of halogens is 2. The smallest absolute Gasteiger partial charge is 0.143 e. The van der Waals surface area contributed by atoms with E-state index in [9.17, 15) is 5.11 Å². The molecule has 2 rings (SSSR count). The normalized spacial score (nSPS) is 23.2. The van der Waals surface area contributed by atoms with Gasteiger partial charge in [0.25, 0.3) is 0 Å². The summed E-state index contributed by atoms with van der Waals surface area (Å²) in [5.41, 5.74) is 1.22. The molecule has 0 unspecified atom stereocenters. The fourth-order valence-corrected chi connectivity index (χ4v) is 4.40. The highest BCUT2D eigenvalue weighted by atomic mass is 79.9. The molecule has 0 amide bonds. The van der Waals surface area contributed by atoms with Gasteiger partial charge in [0.2, 0.25) is 0 Å². The molecular weight excluding hydrogens is 382 g/mol. The van der Waals surface area contributed by atoms with Gasteiger partial charge in [-0.05, 0) is 88.2 Å². The second-order valence-electron chi connectivity index (χ2n) is 5.91. The van der Waals surface area contributed by atoms with Crippen molar-refractivity contribution in [2.75, 3.05) is 7.05 Å². The molecule has 0 aliphatic heterocycles. The predicted molar refractivity (Wildman–Crippen MR) is 91.0 cm³/mol. The van der Waals surface area contributed by atoms with Crippen molar-refractivity contribution >= 4 is 31.9 Å². The Labute approximate surface area is 138 Å². The standard InChI is InChI=1S/C16H23Br2NO/c1-3-11-4-6-13(7-5-11)19(2)10-12-8-14(17)16(20)15(18)9-12/h8-9,11,13,20H,3-7,10H2,1-2H3. The van der Waals surface area contributed by atoms with Crippen LogP contribution in [0.25, 0.3) is 0 Å². The van der Waals surface area contributed by atoms with E-state index in [0.717, 1.165) is 21.4 Å². The Morgan fingerprint density at radius 1 is 1.15 bits per heavy atom. The number of aromatic hydroxyl groups is 1. The summed E-state index contributed by atoms with van der Waals surface area (Å²) in [6, 6.07) is 4.71. The van der Waals surface area contributed by atoms with Gasteiger partial charge in [-0.1, -0.05) is 13.3 Å². The lowest BCUT2D eigenvalue weighted by Gasteiger charge is -2.34. The summed E-state index contributed by atoms with van der Waals surface area (Å²) in [5.74, 6) is 1.22. The third-order valence-corrected chi connectivity index (χ3v) is 5.73. The van der Waals surface area contributed by atoms with Crippen LogP contribution >= 0.6 is 31.9 Å². The largest absolute Gasteiger partial charge is 0.506 e. The van der Waals surface area contributed by atoms with Gasteiger partial charge < -0.3 is 5.11 Å². The van der Waals surface area contributed by atoms with Crippen LogP contribution in [-0.2, 0) is 6.54 Å². The average Bonchev–Trinajstić information content (AvgIpc) is 2.44. The lowest BCUT2D eigenvalue weighted by atomic mass is 9.84. The number of hydrogen-bond donors (Lipinski definition) is 1. The number of hydrogen-bond acceptors (Lipinski definition) is 2. The lowest BCUT2D eigenvalue weighted by molar-refractivity contribution is 0.157. The molecule has 1 N–H and O–H groups in total. The fourth-order valence-electron chi connectivity index (χ4n) is 3.12. The van der Waals surface area contributed by atoms with Gasteiger partial charge in [-0.15, -0.1) is 0 Å². The minimum atomic E-state index is 0.278. The molecule has 0 radical (unpaired) electrons. The number of phenols is 1. The van der Waals surface area contributed by atoms with E-state index < -0.39 is 0 Å². The van der Waals surface area contributed by atoms with E-state index >= 15 is 0 Å². The molecular formula is C16H23Br2NO. The van der Waals surface area contributed by atoms with Crippen molar-refractivity contribution in [2.24, 2.45) is 5.92 Å². The van der Waals surface area contributed by atoms with Crippen LogP contribution in [0.1, 0.15) is 44.6 Å². The number of phenolic OH excluding ortho intramolecular Hbond substituents is 1. The molecule has 0 saturated heterocycles. The zero-order chi connectivity index (χ0) is 14.7. The van der Waals surface area contributed by atoms with E-state index in [4.69, 9.17) is 0 Å². The Bertz CT molecular complexity index is 433. The molecule has 1 aromatic rings. The Morgan fingerprint density at radius 2 is 1.70 bits per heavy atom. The van der Waals surface area contributed by atoms with Crippen molar-refractivity contribution in [3.05, 3.63) is 26.6 Å². The summed E-state index contributed by atoms with van der Waals surface area (Å²) in [5, 5.41) is 9.76. The Balaban J connectivity index is 1.96. The van der Waals surface area contributed by atoms with Crippen LogP contribution in [0.4, 0.5) is 0 Å². The molecule has 0 spiro atoms. The van der Waals surface area contributed by atoms with Crippen molar-refractivity contribution in [1.29, 1.82) is 0 Å². The first-order valence-electron chi connectivity index (χ1n) is 7.38. The lowest BCUT2D eigenvalue weighted by Crippen LogP contribution is -2.34. The molecule has 4 heteroatoms. The fraction of sp³-hybridized carbons (Fsp3) is 0.625. The van der Waals surface area contributed by atoms with E-state index in [2.05, 4.69) is 50.7 Å². The monoisotopic (exact) mass is 403 g/mol. The van der Waals surface area contributed by atoms with Crippen LogP contribution in [0, 0.1) is 5.92 Å². The first-order chi connectivity index (χ1) is 9.51. The van der Waals surface area contributed by atoms with Gasteiger partial charge in [-0.25, -0.2) is 0 Å². The van der Waals surface area contributed by atoms with E-state index in [-0.39, 0.29) is 5.75 Å². The number of rotatable bonds is 4. The molecule has 0 bridgehead atoms. The zero-order valence-corrected chi connectivity index (χ0v) is 15.4. The van der Waals surface area contributed by atoms with Crippen molar-refractivity contribution < 1.29 is 5.11 Å². The van der Waals surface area contributed by atoms with E-state index in [0.29, 0.717) is 6.04 Å². The second kappa shape index (κ2) is 7.28. The van der Waals surface area contributed by atoms with Crippen LogP contribution in [0.2, 0.25) is 0 Å². The molecule has 0 aromatic heterocycles. The minimum absolute atomic E-state index is 0.278.